The van der Waals surface area contributed by atoms with Gasteiger partial charge >= 0.3 is 0 Å². The number of hydrogen-bond donors (Lipinski definition) is 3. The number of carbonyl (C=O) groups excluding carboxylic acids is 1. The first-order chi connectivity index (χ1) is 13.8. The molecule has 0 aliphatic carbocycles. The highest BCUT2D eigenvalue weighted by atomic mass is 16.5. The van der Waals surface area contributed by atoms with Crippen LogP contribution in [0.25, 0.3) is 11.4 Å². The van der Waals surface area contributed by atoms with Crippen LogP contribution in [0.3, 0.4) is 0 Å². The van der Waals surface area contributed by atoms with Crippen LogP contribution in [-0.2, 0) is 9.53 Å². The minimum absolute atomic E-state index is 0.0349. The number of carbonyl (C=O) groups is 1. The summed E-state index contributed by atoms with van der Waals surface area (Å²) in [6.45, 7) is 4.07. The smallest absolute Gasteiger partial charge is 0.231 e. The number of nitrogens with zero attached hydrogens (tertiary/aromatic N) is 4. The Morgan fingerprint density at radius 2 is 2.07 bits per heavy atom. The highest BCUT2D eigenvalue weighted by Crippen LogP contribution is 2.20. The first-order valence-electron chi connectivity index (χ1n) is 9.76. The van der Waals surface area contributed by atoms with Crippen molar-refractivity contribution < 1.29 is 9.53 Å². The van der Waals surface area contributed by atoms with E-state index in [1.807, 2.05) is 6.07 Å². The van der Waals surface area contributed by atoms with Crippen molar-refractivity contribution in [1.82, 2.24) is 25.3 Å². The van der Waals surface area contributed by atoms with Crippen molar-refractivity contribution in [3.8, 4) is 11.4 Å². The summed E-state index contributed by atoms with van der Waals surface area (Å²) in [5, 5.41) is 9.37. The van der Waals surface area contributed by atoms with E-state index in [0.29, 0.717) is 29.8 Å². The van der Waals surface area contributed by atoms with Crippen molar-refractivity contribution in [2.45, 2.75) is 19.3 Å². The second kappa shape index (κ2) is 9.03. The van der Waals surface area contributed by atoms with Crippen molar-refractivity contribution >= 4 is 17.7 Å². The summed E-state index contributed by atoms with van der Waals surface area (Å²) in [6.07, 6.45) is 6.11. The number of rotatable bonds is 6. The van der Waals surface area contributed by atoms with Gasteiger partial charge in [0.05, 0.1) is 17.3 Å². The Bertz CT molecular complexity index is 804. The van der Waals surface area contributed by atoms with Crippen molar-refractivity contribution in [1.29, 1.82) is 0 Å². The van der Waals surface area contributed by atoms with E-state index in [4.69, 9.17) is 4.74 Å². The minimum atomic E-state index is -0.0522. The molecule has 2 saturated heterocycles. The fourth-order valence-corrected chi connectivity index (χ4v) is 3.45. The zero-order valence-corrected chi connectivity index (χ0v) is 15.7. The normalized spacial score (nSPS) is 20.1. The molecule has 9 heteroatoms. The Morgan fingerprint density at radius 1 is 1.18 bits per heavy atom. The van der Waals surface area contributed by atoms with Crippen molar-refractivity contribution in [2.75, 3.05) is 43.5 Å². The molecule has 28 heavy (non-hydrogen) atoms. The molecule has 1 amide bonds. The van der Waals surface area contributed by atoms with Crippen LogP contribution in [0.15, 0.2) is 24.7 Å². The molecule has 2 aliphatic heterocycles. The molecule has 2 fully saturated rings. The third-order valence-corrected chi connectivity index (χ3v) is 5.16. The van der Waals surface area contributed by atoms with Crippen LogP contribution in [0.4, 0.5) is 11.8 Å². The lowest BCUT2D eigenvalue weighted by molar-refractivity contribution is -0.119. The van der Waals surface area contributed by atoms with Gasteiger partial charge in [-0.25, -0.2) is 19.9 Å². The number of hydrogen-bond acceptors (Lipinski definition) is 8. The Labute approximate surface area is 163 Å². The van der Waals surface area contributed by atoms with Crippen LogP contribution < -0.4 is 16.0 Å². The van der Waals surface area contributed by atoms with Crippen LogP contribution in [0.2, 0.25) is 0 Å². The van der Waals surface area contributed by atoms with E-state index < -0.39 is 0 Å². The molecule has 3 N–H and O–H groups in total. The summed E-state index contributed by atoms with van der Waals surface area (Å²) in [4.78, 5) is 29.5. The standard InChI is InChI=1S/C19H25N7O2/c27-18(14-1-5-20-11-14)26-19-21-6-2-15(25-19)16-9-17(24-12-23-16)22-10-13-3-7-28-8-4-13/h2,6,9,12-14,20H,1,3-5,7-8,10-11H2,(H,22,23,24)(H,21,25,26,27). The Hall–Kier alpha value is -2.65. The molecular weight excluding hydrogens is 358 g/mol. The predicted molar refractivity (Wildman–Crippen MR) is 105 cm³/mol. The zero-order chi connectivity index (χ0) is 19.2. The number of aromatic nitrogens is 4. The van der Waals surface area contributed by atoms with Crippen LogP contribution in [-0.4, -0.2) is 58.7 Å². The first-order valence-corrected chi connectivity index (χ1v) is 9.76. The van der Waals surface area contributed by atoms with Gasteiger partial charge in [0.15, 0.2) is 0 Å². The monoisotopic (exact) mass is 383 g/mol. The maximum absolute atomic E-state index is 12.3. The summed E-state index contributed by atoms with van der Waals surface area (Å²) >= 11 is 0. The van der Waals surface area contributed by atoms with E-state index in [1.165, 1.54) is 6.33 Å². The van der Waals surface area contributed by atoms with Gasteiger partial charge in [-0.2, -0.15) is 0 Å². The SMILES string of the molecule is O=C(Nc1nccc(-c2cc(NCC3CCOCC3)ncn2)n1)C1CCNC1. The van der Waals surface area contributed by atoms with Gasteiger partial charge in [-0.15, -0.1) is 0 Å². The fraction of sp³-hybridized carbons (Fsp3) is 0.526. The summed E-state index contributed by atoms with van der Waals surface area (Å²) in [6, 6.07) is 3.64. The van der Waals surface area contributed by atoms with Gasteiger partial charge in [-0.1, -0.05) is 0 Å². The minimum Gasteiger partial charge on any atom is -0.381 e. The molecule has 4 heterocycles. The largest absolute Gasteiger partial charge is 0.381 e. The van der Waals surface area contributed by atoms with E-state index in [-0.39, 0.29) is 11.8 Å². The number of ether oxygens (including phenoxy) is 1. The van der Waals surface area contributed by atoms with Gasteiger partial charge in [-0.3, -0.25) is 10.1 Å². The molecule has 2 aromatic heterocycles. The number of nitrogens with one attached hydrogen (secondary N) is 3. The van der Waals surface area contributed by atoms with Gasteiger partial charge in [0.25, 0.3) is 0 Å². The van der Waals surface area contributed by atoms with Crippen LogP contribution in [0, 0.1) is 11.8 Å². The van der Waals surface area contributed by atoms with Crippen molar-refractivity contribution in [3.05, 3.63) is 24.7 Å². The van der Waals surface area contributed by atoms with E-state index in [0.717, 1.165) is 51.4 Å². The zero-order valence-electron chi connectivity index (χ0n) is 15.7. The molecule has 9 nitrogen and oxygen atoms in total. The molecule has 4 rings (SSSR count). The lowest BCUT2D eigenvalue weighted by Gasteiger charge is -2.22. The molecule has 1 unspecified atom stereocenters. The lowest BCUT2D eigenvalue weighted by atomic mass is 10.0. The third-order valence-electron chi connectivity index (χ3n) is 5.16. The van der Waals surface area contributed by atoms with Gasteiger partial charge in [0.2, 0.25) is 11.9 Å². The molecular formula is C19H25N7O2. The average Bonchev–Trinajstić information content (AvgIpc) is 3.29. The summed E-state index contributed by atoms with van der Waals surface area (Å²) in [5.41, 5.74) is 1.33. The topological polar surface area (TPSA) is 114 Å². The Kier molecular flexibility index (Phi) is 6.03. The molecule has 2 aliphatic rings. The van der Waals surface area contributed by atoms with Crippen LogP contribution >= 0.6 is 0 Å². The third kappa shape index (κ3) is 4.79. The van der Waals surface area contributed by atoms with Gasteiger partial charge < -0.3 is 15.4 Å². The summed E-state index contributed by atoms with van der Waals surface area (Å²) in [7, 11) is 0. The maximum atomic E-state index is 12.3. The molecule has 0 radical (unpaired) electrons. The lowest BCUT2D eigenvalue weighted by Crippen LogP contribution is -2.25. The molecule has 148 valence electrons. The van der Waals surface area contributed by atoms with Crippen LogP contribution in [0.5, 0.6) is 0 Å². The second-order valence-corrected chi connectivity index (χ2v) is 7.17. The summed E-state index contributed by atoms with van der Waals surface area (Å²) < 4.78 is 5.40. The highest BCUT2D eigenvalue weighted by Gasteiger charge is 2.23. The Morgan fingerprint density at radius 3 is 2.89 bits per heavy atom. The second-order valence-electron chi connectivity index (χ2n) is 7.17. The van der Waals surface area contributed by atoms with Gasteiger partial charge in [-0.05, 0) is 37.8 Å². The fourth-order valence-electron chi connectivity index (χ4n) is 3.45. The molecule has 0 saturated carbocycles. The van der Waals surface area contributed by atoms with E-state index in [9.17, 15) is 4.79 Å². The molecule has 0 bridgehead atoms. The summed E-state index contributed by atoms with van der Waals surface area (Å²) in [5.74, 6) is 1.57. The predicted octanol–water partition coefficient (Wildman–Crippen LogP) is 1.32. The van der Waals surface area contributed by atoms with Gasteiger partial charge in [0, 0.05) is 38.6 Å². The molecule has 1 atom stereocenters. The molecule has 0 spiro atoms. The van der Waals surface area contributed by atoms with Crippen molar-refractivity contribution in [2.24, 2.45) is 11.8 Å². The average molecular weight is 383 g/mol. The van der Waals surface area contributed by atoms with E-state index in [2.05, 4.69) is 35.9 Å². The number of anilines is 2. The number of amides is 1. The van der Waals surface area contributed by atoms with E-state index >= 15 is 0 Å². The highest BCUT2D eigenvalue weighted by molar-refractivity contribution is 5.91. The Balaban J connectivity index is 1.41. The van der Waals surface area contributed by atoms with Crippen molar-refractivity contribution in [3.63, 3.8) is 0 Å². The van der Waals surface area contributed by atoms with Gasteiger partial charge in [0.1, 0.15) is 12.1 Å². The maximum Gasteiger partial charge on any atom is 0.231 e. The first kappa shape index (κ1) is 18.7. The van der Waals surface area contributed by atoms with Crippen LogP contribution in [0.1, 0.15) is 19.3 Å². The quantitative estimate of drug-likeness (QED) is 0.684. The molecule has 0 aromatic carbocycles. The molecule has 2 aromatic rings. The van der Waals surface area contributed by atoms with E-state index in [1.54, 1.807) is 12.3 Å².